The normalized spacial score (nSPS) is 10.8. The topological polar surface area (TPSA) is 64.0 Å². The number of aromatic nitrogens is 2. The molecule has 0 saturated carbocycles. The molecule has 1 aromatic carbocycles. The highest BCUT2D eigenvalue weighted by atomic mass is 35.5. The molecule has 0 spiro atoms. The Balaban J connectivity index is 2.05. The van der Waals surface area contributed by atoms with Crippen molar-refractivity contribution in [1.29, 1.82) is 0 Å². The van der Waals surface area contributed by atoms with Gasteiger partial charge in [0, 0.05) is 23.2 Å². The number of amides is 1. The molecule has 0 unspecified atom stereocenters. The maximum absolute atomic E-state index is 13.0. The molecule has 6 heteroatoms. The molecular weight excluding hydrogens is 350 g/mol. The Morgan fingerprint density at radius 3 is 2.73 bits per heavy atom. The summed E-state index contributed by atoms with van der Waals surface area (Å²) in [5.74, 6) is -0.348. The van der Waals surface area contributed by atoms with Crippen molar-refractivity contribution in [3.8, 4) is 0 Å². The van der Waals surface area contributed by atoms with Gasteiger partial charge in [0.25, 0.3) is 11.5 Å². The number of unbranched alkanes of at least 4 members (excludes halogenated alkanes) is 1. The Labute approximate surface area is 156 Å². The molecule has 0 aliphatic heterocycles. The number of benzene rings is 1. The molecule has 26 heavy (non-hydrogen) atoms. The third kappa shape index (κ3) is 3.94. The second-order valence-electron chi connectivity index (χ2n) is 6.10. The van der Waals surface area contributed by atoms with Crippen LogP contribution in [0.15, 0.2) is 53.5 Å². The minimum atomic E-state index is -0.348. The van der Waals surface area contributed by atoms with Gasteiger partial charge in [-0.25, -0.2) is 4.98 Å². The Bertz CT molecular complexity index is 981. The summed E-state index contributed by atoms with van der Waals surface area (Å²) in [4.78, 5) is 29.8. The molecule has 0 saturated heterocycles. The largest absolute Gasteiger partial charge is 0.352 e. The lowest BCUT2D eigenvalue weighted by Crippen LogP contribution is -2.34. The van der Waals surface area contributed by atoms with E-state index in [0.29, 0.717) is 23.8 Å². The first-order valence-electron chi connectivity index (χ1n) is 8.61. The zero-order chi connectivity index (χ0) is 18.5. The second kappa shape index (κ2) is 8.15. The van der Waals surface area contributed by atoms with Crippen molar-refractivity contribution < 1.29 is 4.79 Å². The number of carbonyl (C=O) groups is 1. The number of nitrogens with zero attached hydrogens (tertiary/aromatic N) is 2. The van der Waals surface area contributed by atoms with Crippen molar-refractivity contribution in [3.63, 3.8) is 0 Å². The Morgan fingerprint density at radius 2 is 2.00 bits per heavy atom. The first kappa shape index (κ1) is 18.1. The average Bonchev–Trinajstić information content (AvgIpc) is 2.65. The predicted octanol–water partition coefficient (Wildman–Crippen LogP) is 3.63. The molecule has 0 aliphatic carbocycles. The fourth-order valence-electron chi connectivity index (χ4n) is 2.76. The van der Waals surface area contributed by atoms with Crippen LogP contribution < -0.4 is 10.9 Å². The van der Waals surface area contributed by atoms with Crippen LogP contribution in [0.3, 0.4) is 0 Å². The van der Waals surface area contributed by atoms with Gasteiger partial charge in [-0.15, -0.1) is 0 Å². The van der Waals surface area contributed by atoms with E-state index in [-0.39, 0.29) is 17.0 Å². The number of carbonyl (C=O) groups excluding carboxylic acids is 1. The van der Waals surface area contributed by atoms with E-state index in [1.54, 1.807) is 30.5 Å². The Hall–Kier alpha value is -2.66. The number of hydrogen-bond donors (Lipinski definition) is 1. The van der Waals surface area contributed by atoms with Crippen LogP contribution in [0.25, 0.3) is 11.0 Å². The standard InChI is InChI=1S/C20H20ClN3O2/c1-2-3-10-23-19(25)17-12-15-5-4-11-22-18(15)24(20(17)26)13-14-6-8-16(21)9-7-14/h4-9,11-12H,2-3,10,13H2,1H3,(H,23,25). The summed E-state index contributed by atoms with van der Waals surface area (Å²) in [5.41, 5.74) is 1.25. The maximum Gasteiger partial charge on any atom is 0.265 e. The number of nitrogens with one attached hydrogen (secondary N) is 1. The first-order valence-corrected chi connectivity index (χ1v) is 8.99. The minimum Gasteiger partial charge on any atom is -0.352 e. The predicted molar refractivity (Wildman–Crippen MR) is 104 cm³/mol. The SMILES string of the molecule is CCCCNC(=O)c1cc2cccnc2n(Cc2ccc(Cl)cc2)c1=O. The summed E-state index contributed by atoms with van der Waals surface area (Å²) in [6.07, 6.45) is 3.49. The smallest absolute Gasteiger partial charge is 0.265 e. The van der Waals surface area contributed by atoms with E-state index in [2.05, 4.69) is 10.3 Å². The third-order valence-electron chi connectivity index (χ3n) is 4.16. The molecule has 0 atom stereocenters. The average molecular weight is 370 g/mol. The quantitative estimate of drug-likeness (QED) is 0.675. The highest BCUT2D eigenvalue weighted by molar-refractivity contribution is 6.30. The highest BCUT2D eigenvalue weighted by Crippen LogP contribution is 2.15. The third-order valence-corrected chi connectivity index (χ3v) is 4.41. The molecule has 0 radical (unpaired) electrons. The van der Waals surface area contributed by atoms with Gasteiger partial charge >= 0.3 is 0 Å². The molecule has 5 nitrogen and oxygen atoms in total. The van der Waals surface area contributed by atoms with E-state index in [1.165, 1.54) is 4.57 Å². The summed E-state index contributed by atoms with van der Waals surface area (Å²) in [6.45, 7) is 2.92. The number of fused-ring (bicyclic) bond motifs is 1. The molecule has 0 fully saturated rings. The molecule has 0 aliphatic rings. The molecule has 2 aromatic heterocycles. The van der Waals surface area contributed by atoms with Gasteiger partial charge < -0.3 is 5.32 Å². The number of rotatable bonds is 6. The minimum absolute atomic E-state index is 0.135. The lowest BCUT2D eigenvalue weighted by Gasteiger charge is -2.12. The van der Waals surface area contributed by atoms with E-state index in [9.17, 15) is 9.59 Å². The van der Waals surface area contributed by atoms with Crippen LogP contribution in [0.5, 0.6) is 0 Å². The lowest BCUT2D eigenvalue weighted by atomic mass is 10.1. The summed E-state index contributed by atoms with van der Waals surface area (Å²) in [5, 5.41) is 4.20. The van der Waals surface area contributed by atoms with Crippen molar-refractivity contribution in [2.75, 3.05) is 6.54 Å². The first-order chi connectivity index (χ1) is 12.6. The lowest BCUT2D eigenvalue weighted by molar-refractivity contribution is 0.0951. The van der Waals surface area contributed by atoms with E-state index in [0.717, 1.165) is 23.8 Å². The van der Waals surface area contributed by atoms with Crippen LogP contribution in [0, 0.1) is 0 Å². The van der Waals surface area contributed by atoms with Crippen molar-refractivity contribution in [2.24, 2.45) is 0 Å². The Morgan fingerprint density at radius 1 is 1.23 bits per heavy atom. The van der Waals surface area contributed by atoms with Gasteiger partial charge in [-0.1, -0.05) is 37.1 Å². The van der Waals surface area contributed by atoms with Gasteiger partial charge in [-0.05, 0) is 42.3 Å². The van der Waals surface area contributed by atoms with Crippen molar-refractivity contribution >= 4 is 28.5 Å². The van der Waals surface area contributed by atoms with Crippen LogP contribution in [0.4, 0.5) is 0 Å². The van der Waals surface area contributed by atoms with E-state index >= 15 is 0 Å². The highest BCUT2D eigenvalue weighted by Gasteiger charge is 2.16. The molecule has 2 heterocycles. The summed E-state index contributed by atoms with van der Waals surface area (Å²) in [6, 6.07) is 12.5. The number of pyridine rings is 2. The van der Waals surface area contributed by atoms with E-state index < -0.39 is 0 Å². The van der Waals surface area contributed by atoms with Crippen LogP contribution >= 0.6 is 11.6 Å². The van der Waals surface area contributed by atoms with Crippen molar-refractivity contribution in [3.05, 3.63) is 75.2 Å². The second-order valence-corrected chi connectivity index (χ2v) is 6.54. The van der Waals surface area contributed by atoms with Gasteiger partial charge in [0.05, 0.1) is 6.54 Å². The van der Waals surface area contributed by atoms with Gasteiger partial charge in [0.15, 0.2) is 0 Å². The molecule has 0 bridgehead atoms. The van der Waals surface area contributed by atoms with Crippen LogP contribution in [0.2, 0.25) is 5.02 Å². The zero-order valence-corrected chi connectivity index (χ0v) is 15.3. The molecule has 134 valence electrons. The van der Waals surface area contributed by atoms with Gasteiger partial charge in [-0.3, -0.25) is 14.2 Å². The molecular formula is C20H20ClN3O2. The van der Waals surface area contributed by atoms with Gasteiger partial charge in [0.2, 0.25) is 0 Å². The monoisotopic (exact) mass is 369 g/mol. The van der Waals surface area contributed by atoms with Gasteiger partial charge in [-0.2, -0.15) is 0 Å². The summed E-state index contributed by atoms with van der Waals surface area (Å²) in [7, 11) is 0. The molecule has 1 amide bonds. The van der Waals surface area contributed by atoms with E-state index in [4.69, 9.17) is 11.6 Å². The molecule has 3 rings (SSSR count). The van der Waals surface area contributed by atoms with Crippen molar-refractivity contribution in [1.82, 2.24) is 14.9 Å². The summed E-state index contributed by atoms with van der Waals surface area (Å²) >= 11 is 5.93. The molecule has 1 N–H and O–H groups in total. The van der Waals surface area contributed by atoms with Crippen molar-refractivity contribution in [2.45, 2.75) is 26.3 Å². The van der Waals surface area contributed by atoms with Crippen LogP contribution in [-0.4, -0.2) is 22.0 Å². The zero-order valence-electron chi connectivity index (χ0n) is 14.5. The van der Waals surface area contributed by atoms with E-state index in [1.807, 2.05) is 25.1 Å². The summed E-state index contributed by atoms with van der Waals surface area (Å²) < 4.78 is 1.54. The maximum atomic E-state index is 13.0. The van der Waals surface area contributed by atoms with Crippen LogP contribution in [-0.2, 0) is 6.54 Å². The molecule has 3 aromatic rings. The number of hydrogen-bond acceptors (Lipinski definition) is 3. The Kier molecular flexibility index (Phi) is 5.68. The van der Waals surface area contributed by atoms with Gasteiger partial charge in [0.1, 0.15) is 11.2 Å². The fraction of sp³-hybridized carbons (Fsp3) is 0.250. The van der Waals surface area contributed by atoms with Crippen LogP contribution in [0.1, 0.15) is 35.7 Å². The number of halogens is 1. The fourth-order valence-corrected chi connectivity index (χ4v) is 2.89.